The fourth-order valence-corrected chi connectivity index (χ4v) is 2.16. The summed E-state index contributed by atoms with van der Waals surface area (Å²) in [7, 11) is 0. The van der Waals surface area contributed by atoms with Gasteiger partial charge in [0.25, 0.3) is 0 Å². The highest BCUT2D eigenvalue weighted by molar-refractivity contribution is 8.03. The third kappa shape index (κ3) is 3.08. The van der Waals surface area contributed by atoms with Gasteiger partial charge in [0.2, 0.25) is 5.88 Å². The molecule has 0 aliphatic carbocycles. The Labute approximate surface area is 104 Å². The molecule has 1 atom stereocenters. The Morgan fingerprint density at radius 3 is 2.88 bits per heavy atom. The predicted molar refractivity (Wildman–Crippen MR) is 66.1 cm³/mol. The topological polar surface area (TPSA) is 68.3 Å². The number of hydrogen-bond acceptors (Lipinski definition) is 5. The molecule has 0 bridgehead atoms. The van der Waals surface area contributed by atoms with Gasteiger partial charge in [-0.2, -0.15) is 5.26 Å². The molecule has 88 valence electrons. The summed E-state index contributed by atoms with van der Waals surface area (Å²) in [6.07, 6.45) is -0.114. The summed E-state index contributed by atoms with van der Waals surface area (Å²) in [6.45, 7) is 0.427. The lowest BCUT2D eigenvalue weighted by molar-refractivity contribution is 0.0810. The second-order valence-electron chi connectivity index (χ2n) is 3.48. The van der Waals surface area contributed by atoms with Crippen molar-refractivity contribution in [2.45, 2.75) is 6.10 Å². The van der Waals surface area contributed by atoms with Gasteiger partial charge in [0.05, 0.1) is 0 Å². The van der Waals surface area contributed by atoms with Crippen LogP contribution in [0.1, 0.15) is 0 Å². The van der Waals surface area contributed by atoms with E-state index in [4.69, 9.17) is 20.5 Å². The lowest BCUT2D eigenvalue weighted by Gasteiger charge is -2.23. The number of hydrogen-bond donors (Lipinski definition) is 1. The molecule has 1 aromatic rings. The number of thioether (sulfide) groups is 1. The highest BCUT2D eigenvalue weighted by Gasteiger charge is 2.21. The van der Waals surface area contributed by atoms with Gasteiger partial charge < -0.3 is 15.2 Å². The number of rotatable bonds is 3. The normalized spacial score (nSPS) is 19.4. The minimum Gasteiger partial charge on any atom is -0.490 e. The summed E-state index contributed by atoms with van der Waals surface area (Å²) >= 11 is 1.40. The third-order valence-corrected chi connectivity index (χ3v) is 3.33. The maximum atomic E-state index is 8.74. The first-order valence-corrected chi connectivity index (χ1v) is 6.15. The van der Waals surface area contributed by atoms with E-state index in [1.54, 1.807) is 0 Å². The van der Waals surface area contributed by atoms with Crippen molar-refractivity contribution in [1.82, 2.24) is 0 Å². The van der Waals surface area contributed by atoms with E-state index < -0.39 is 0 Å². The van der Waals surface area contributed by atoms with E-state index >= 15 is 0 Å². The number of para-hydroxylation sites is 1. The second-order valence-corrected chi connectivity index (χ2v) is 4.51. The first-order chi connectivity index (χ1) is 8.29. The van der Waals surface area contributed by atoms with Crippen LogP contribution < -0.4 is 10.5 Å². The second kappa shape index (κ2) is 5.51. The first-order valence-electron chi connectivity index (χ1n) is 5.16. The fourth-order valence-electron chi connectivity index (χ4n) is 1.39. The van der Waals surface area contributed by atoms with Gasteiger partial charge in [-0.25, -0.2) is 0 Å². The molecule has 1 aliphatic rings. The average molecular weight is 248 g/mol. The minimum absolute atomic E-state index is 0.114. The van der Waals surface area contributed by atoms with Crippen LogP contribution >= 0.6 is 11.8 Å². The molecule has 0 saturated heterocycles. The molecule has 0 amide bonds. The average Bonchev–Trinajstić information content (AvgIpc) is 2.38. The van der Waals surface area contributed by atoms with Crippen LogP contribution in [0.2, 0.25) is 0 Å². The van der Waals surface area contributed by atoms with Gasteiger partial charge in [-0.3, -0.25) is 0 Å². The number of ether oxygens (including phenoxy) is 2. The van der Waals surface area contributed by atoms with Gasteiger partial charge in [-0.1, -0.05) is 18.2 Å². The fraction of sp³-hybridized carbons (Fsp3) is 0.250. The van der Waals surface area contributed by atoms with Gasteiger partial charge in [-0.05, 0) is 12.1 Å². The van der Waals surface area contributed by atoms with Crippen molar-refractivity contribution in [2.24, 2.45) is 5.73 Å². The molecule has 17 heavy (non-hydrogen) atoms. The molecular weight excluding hydrogens is 236 g/mol. The van der Waals surface area contributed by atoms with Crippen molar-refractivity contribution in [2.75, 3.05) is 12.4 Å². The molecule has 5 heteroatoms. The Bertz CT molecular complexity index is 453. The van der Waals surface area contributed by atoms with Crippen LogP contribution in [0.5, 0.6) is 5.75 Å². The number of nitriles is 1. The van der Waals surface area contributed by atoms with Crippen LogP contribution in [0.3, 0.4) is 0 Å². The SMILES string of the molecule is N#CC1=C(N)OC(COc2ccccc2)CS1. The zero-order valence-corrected chi connectivity index (χ0v) is 9.94. The molecule has 0 saturated carbocycles. The number of nitrogens with two attached hydrogens (primary N) is 1. The minimum atomic E-state index is -0.114. The Balaban J connectivity index is 1.87. The quantitative estimate of drug-likeness (QED) is 0.884. The molecule has 0 fully saturated rings. The lowest BCUT2D eigenvalue weighted by atomic mass is 10.3. The molecule has 1 aromatic carbocycles. The smallest absolute Gasteiger partial charge is 0.209 e. The van der Waals surface area contributed by atoms with Crippen LogP contribution in [0, 0.1) is 11.3 Å². The summed E-state index contributed by atoms with van der Waals surface area (Å²) < 4.78 is 11.0. The molecule has 1 unspecified atom stereocenters. The lowest BCUT2D eigenvalue weighted by Crippen LogP contribution is -2.29. The van der Waals surface area contributed by atoms with Gasteiger partial charge in [0.15, 0.2) is 0 Å². The predicted octanol–water partition coefficient (Wildman–Crippen LogP) is 1.85. The van der Waals surface area contributed by atoms with E-state index in [9.17, 15) is 0 Å². The van der Waals surface area contributed by atoms with E-state index in [-0.39, 0.29) is 12.0 Å². The maximum Gasteiger partial charge on any atom is 0.209 e. The number of benzene rings is 1. The Morgan fingerprint density at radius 2 is 2.24 bits per heavy atom. The summed E-state index contributed by atoms with van der Waals surface area (Å²) in [5, 5.41) is 8.74. The molecule has 1 heterocycles. The van der Waals surface area contributed by atoms with Crippen molar-refractivity contribution in [3.63, 3.8) is 0 Å². The molecule has 2 rings (SSSR count). The first kappa shape index (κ1) is 11.7. The van der Waals surface area contributed by atoms with Crippen LogP contribution in [0.4, 0.5) is 0 Å². The van der Waals surface area contributed by atoms with Crippen LogP contribution in [0.15, 0.2) is 41.1 Å². The summed E-state index contributed by atoms with van der Waals surface area (Å²) in [5.74, 6) is 1.68. The molecular formula is C12H12N2O2S. The standard InChI is InChI=1S/C12H12N2O2S/c13-6-11-12(14)16-10(8-17-11)7-15-9-4-2-1-3-5-9/h1-5,10H,7-8,14H2. The van der Waals surface area contributed by atoms with Gasteiger partial charge in [0.1, 0.15) is 29.4 Å². The van der Waals surface area contributed by atoms with Crippen molar-refractivity contribution >= 4 is 11.8 Å². The zero-order valence-electron chi connectivity index (χ0n) is 9.13. The molecule has 4 nitrogen and oxygen atoms in total. The summed E-state index contributed by atoms with van der Waals surface area (Å²) in [4.78, 5) is 0.445. The highest BCUT2D eigenvalue weighted by atomic mass is 32.2. The van der Waals surface area contributed by atoms with Gasteiger partial charge in [-0.15, -0.1) is 11.8 Å². The van der Waals surface area contributed by atoms with Gasteiger partial charge >= 0.3 is 0 Å². The van der Waals surface area contributed by atoms with Crippen LogP contribution in [0.25, 0.3) is 0 Å². The van der Waals surface area contributed by atoms with E-state index in [2.05, 4.69) is 0 Å². The molecule has 0 spiro atoms. The van der Waals surface area contributed by atoms with Crippen molar-refractivity contribution in [3.8, 4) is 11.8 Å². The molecule has 0 radical (unpaired) electrons. The zero-order chi connectivity index (χ0) is 12.1. The number of nitrogens with zero attached hydrogens (tertiary/aromatic N) is 1. The van der Waals surface area contributed by atoms with E-state index in [1.807, 2.05) is 36.4 Å². The molecule has 1 aliphatic heterocycles. The largest absolute Gasteiger partial charge is 0.490 e. The Kier molecular flexibility index (Phi) is 3.78. The van der Waals surface area contributed by atoms with Crippen molar-refractivity contribution in [3.05, 3.63) is 41.1 Å². The van der Waals surface area contributed by atoms with E-state index in [0.717, 1.165) is 5.75 Å². The highest BCUT2D eigenvalue weighted by Crippen LogP contribution is 2.26. The number of allylic oxidation sites excluding steroid dienone is 1. The summed E-state index contributed by atoms with van der Waals surface area (Å²) in [5.41, 5.74) is 5.61. The summed E-state index contributed by atoms with van der Waals surface area (Å²) in [6, 6.07) is 11.5. The van der Waals surface area contributed by atoms with E-state index in [0.29, 0.717) is 17.3 Å². The monoisotopic (exact) mass is 248 g/mol. The maximum absolute atomic E-state index is 8.74. The van der Waals surface area contributed by atoms with Crippen LogP contribution in [-0.2, 0) is 4.74 Å². The molecule has 0 aromatic heterocycles. The van der Waals surface area contributed by atoms with Gasteiger partial charge in [0, 0.05) is 5.75 Å². The third-order valence-electron chi connectivity index (χ3n) is 2.21. The van der Waals surface area contributed by atoms with Crippen molar-refractivity contribution < 1.29 is 9.47 Å². The Morgan fingerprint density at radius 1 is 1.47 bits per heavy atom. The van der Waals surface area contributed by atoms with Crippen LogP contribution in [-0.4, -0.2) is 18.5 Å². The Hall–Kier alpha value is -1.80. The van der Waals surface area contributed by atoms with E-state index in [1.165, 1.54) is 11.8 Å². The van der Waals surface area contributed by atoms with Crippen molar-refractivity contribution in [1.29, 1.82) is 5.26 Å². The molecule has 2 N–H and O–H groups in total.